The molecular formula is C12H19N5O4. The van der Waals surface area contributed by atoms with Crippen molar-refractivity contribution in [2.45, 2.75) is 32.4 Å². The van der Waals surface area contributed by atoms with Gasteiger partial charge in [-0.1, -0.05) is 6.92 Å². The van der Waals surface area contributed by atoms with Crippen molar-refractivity contribution in [3.8, 4) is 0 Å². The maximum absolute atomic E-state index is 11.7. The molecule has 0 saturated heterocycles. The summed E-state index contributed by atoms with van der Waals surface area (Å²) in [6.07, 6.45) is 2.03. The zero-order chi connectivity index (χ0) is 16.0. The fraction of sp³-hybridized carbons (Fsp3) is 0.500. The molecule has 116 valence electrons. The molecule has 0 aromatic carbocycles. The smallest absolute Gasteiger partial charge is 0.326 e. The fourth-order valence-corrected chi connectivity index (χ4v) is 1.82. The number of carbonyl (C=O) groups is 3. The molecule has 9 nitrogen and oxygen atoms in total. The van der Waals surface area contributed by atoms with Crippen LogP contribution in [0.4, 0.5) is 4.79 Å². The SMILES string of the molecule is CCc1nn(C)cc1CNC(=O)NC(CC(N)=O)C(=O)O. The molecular weight excluding hydrogens is 278 g/mol. The van der Waals surface area contributed by atoms with Gasteiger partial charge in [0.2, 0.25) is 5.91 Å². The van der Waals surface area contributed by atoms with Crippen LogP contribution < -0.4 is 16.4 Å². The molecule has 0 fully saturated rings. The number of aryl methyl sites for hydroxylation is 2. The lowest BCUT2D eigenvalue weighted by Gasteiger charge is -2.13. The Balaban J connectivity index is 2.56. The summed E-state index contributed by atoms with van der Waals surface area (Å²) in [7, 11) is 1.77. The summed E-state index contributed by atoms with van der Waals surface area (Å²) in [5, 5.41) is 17.8. The zero-order valence-electron chi connectivity index (χ0n) is 11.9. The molecule has 0 aliphatic heterocycles. The van der Waals surface area contributed by atoms with Crippen LogP contribution in [0, 0.1) is 0 Å². The lowest BCUT2D eigenvalue weighted by atomic mass is 10.2. The minimum atomic E-state index is -1.35. The van der Waals surface area contributed by atoms with Crippen LogP contribution in [0.5, 0.6) is 0 Å². The van der Waals surface area contributed by atoms with E-state index in [1.165, 1.54) is 0 Å². The van der Waals surface area contributed by atoms with E-state index in [1.54, 1.807) is 17.9 Å². The molecule has 0 aliphatic carbocycles. The number of amides is 3. The maximum Gasteiger partial charge on any atom is 0.326 e. The second kappa shape index (κ2) is 7.27. The number of nitrogens with one attached hydrogen (secondary N) is 2. The van der Waals surface area contributed by atoms with E-state index in [0.29, 0.717) is 0 Å². The molecule has 5 N–H and O–H groups in total. The monoisotopic (exact) mass is 297 g/mol. The minimum absolute atomic E-state index is 0.214. The van der Waals surface area contributed by atoms with Crippen LogP contribution in [0.2, 0.25) is 0 Å². The van der Waals surface area contributed by atoms with E-state index in [9.17, 15) is 14.4 Å². The highest BCUT2D eigenvalue weighted by Gasteiger charge is 2.22. The first-order valence-corrected chi connectivity index (χ1v) is 6.40. The molecule has 0 saturated carbocycles. The standard InChI is InChI=1S/C12H19N5O4/c1-3-8-7(6-17(2)16-8)5-14-12(21)15-9(11(19)20)4-10(13)18/h6,9H,3-5H2,1-2H3,(H2,13,18)(H,19,20)(H2,14,15,21). The lowest BCUT2D eigenvalue weighted by Crippen LogP contribution is -2.47. The maximum atomic E-state index is 11.7. The number of carboxylic acids is 1. The fourth-order valence-electron chi connectivity index (χ4n) is 1.82. The highest BCUT2D eigenvalue weighted by Crippen LogP contribution is 2.06. The van der Waals surface area contributed by atoms with Gasteiger partial charge in [-0.05, 0) is 6.42 Å². The molecule has 0 bridgehead atoms. The Labute approximate surface area is 121 Å². The van der Waals surface area contributed by atoms with Gasteiger partial charge in [0, 0.05) is 25.4 Å². The number of urea groups is 1. The van der Waals surface area contributed by atoms with E-state index in [4.69, 9.17) is 10.8 Å². The number of nitrogens with two attached hydrogens (primary N) is 1. The van der Waals surface area contributed by atoms with Crippen molar-refractivity contribution in [2.75, 3.05) is 0 Å². The van der Waals surface area contributed by atoms with Crippen LogP contribution in [0.3, 0.4) is 0 Å². The van der Waals surface area contributed by atoms with Crippen LogP contribution in [-0.2, 0) is 29.6 Å². The van der Waals surface area contributed by atoms with Crippen molar-refractivity contribution >= 4 is 17.9 Å². The molecule has 1 heterocycles. The Bertz CT molecular complexity index is 540. The van der Waals surface area contributed by atoms with Crippen molar-refractivity contribution in [2.24, 2.45) is 12.8 Å². The molecule has 9 heteroatoms. The van der Waals surface area contributed by atoms with Gasteiger partial charge in [0.25, 0.3) is 0 Å². The number of aliphatic carboxylic acids is 1. The average molecular weight is 297 g/mol. The third kappa shape index (κ3) is 5.13. The quantitative estimate of drug-likeness (QED) is 0.517. The molecule has 0 aliphatic rings. The molecule has 1 aromatic heterocycles. The summed E-state index contributed by atoms with van der Waals surface area (Å²) in [5.41, 5.74) is 6.62. The first kappa shape index (κ1) is 16.5. The van der Waals surface area contributed by atoms with Crippen molar-refractivity contribution < 1.29 is 19.5 Å². The van der Waals surface area contributed by atoms with Gasteiger partial charge in [-0.3, -0.25) is 9.48 Å². The Kier molecular flexibility index (Phi) is 5.70. The normalized spacial score (nSPS) is 11.7. The summed E-state index contributed by atoms with van der Waals surface area (Å²) >= 11 is 0. The van der Waals surface area contributed by atoms with E-state index in [1.807, 2.05) is 6.92 Å². The molecule has 3 amide bonds. The Morgan fingerprint density at radius 3 is 2.67 bits per heavy atom. The minimum Gasteiger partial charge on any atom is -0.480 e. The van der Waals surface area contributed by atoms with Crippen molar-refractivity contribution in [1.82, 2.24) is 20.4 Å². The highest BCUT2D eigenvalue weighted by molar-refractivity contribution is 5.87. The molecule has 0 radical (unpaired) electrons. The Morgan fingerprint density at radius 2 is 2.14 bits per heavy atom. The number of hydrogen-bond acceptors (Lipinski definition) is 4. The van der Waals surface area contributed by atoms with E-state index in [2.05, 4.69) is 15.7 Å². The van der Waals surface area contributed by atoms with E-state index < -0.39 is 30.4 Å². The molecule has 1 atom stereocenters. The number of primary amides is 1. The number of rotatable bonds is 7. The van der Waals surface area contributed by atoms with E-state index in [-0.39, 0.29) is 6.54 Å². The molecule has 1 aromatic rings. The largest absolute Gasteiger partial charge is 0.480 e. The topological polar surface area (TPSA) is 139 Å². The summed E-state index contributed by atoms with van der Waals surface area (Å²) in [4.78, 5) is 33.3. The summed E-state index contributed by atoms with van der Waals surface area (Å²) in [6, 6.07) is -2.03. The van der Waals surface area contributed by atoms with Crippen molar-refractivity contribution in [3.05, 3.63) is 17.5 Å². The Hall–Kier alpha value is -2.58. The number of nitrogens with zero attached hydrogens (tertiary/aromatic N) is 2. The van der Waals surface area contributed by atoms with E-state index >= 15 is 0 Å². The van der Waals surface area contributed by atoms with Gasteiger partial charge in [-0.25, -0.2) is 9.59 Å². The summed E-state index contributed by atoms with van der Waals surface area (Å²) in [6.45, 7) is 2.16. The third-order valence-corrected chi connectivity index (χ3v) is 2.77. The summed E-state index contributed by atoms with van der Waals surface area (Å²) in [5.74, 6) is -2.12. The number of hydrogen-bond donors (Lipinski definition) is 4. The molecule has 21 heavy (non-hydrogen) atoms. The second-order valence-electron chi connectivity index (χ2n) is 4.52. The van der Waals surface area contributed by atoms with Crippen LogP contribution in [0.1, 0.15) is 24.6 Å². The number of aromatic nitrogens is 2. The van der Waals surface area contributed by atoms with Crippen molar-refractivity contribution in [1.29, 1.82) is 0 Å². The van der Waals surface area contributed by atoms with Gasteiger partial charge in [-0.2, -0.15) is 5.10 Å². The van der Waals surface area contributed by atoms with Crippen LogP contribution in [-0.4, -0.2) is 38.8 Å². The van der Waals surface area contributed by atoms with Gasteiger partial charge >= 0.3 is 12.0 Å². The average Bonchev–Trinajstić information content (AvgIpc) is 2.75. The molecule has 0 spiro atoms. The second-order valence-corrected chi connectivity index (χ2v) is 4.52. The zero-order valence-corrected chi connectivity index (χ0v) is 11.9. The first-order valence-electron chi connectivity index (χ1n) is 6.40. The number of carbonyl (C=O) groups excluding carboxylic acids is 2. The molecule has 1 unspecified atom stereocenters. The van der Waals surface area contributed by atoms with Crippen molar-refractivity contribution in [3.63, 3.8) is 0 Å². The van der Waals surface area contributed by atoms with Gasteiger partial charge < -0.3 is 21.5 Å². The predicted octanol–water partition coefficient (Wildman–Crippen LogP) is -0.890. The van der Waals surface area contributed by atoms with Crippen LogP contribution in [0.25, 0.3) is 0 Å². The third-order valence-electron chi connectivity index (χ3n) is 2.77. The van der Waals surface area contributed by atoms with Gasteiger partial charge in [0.1, 0.15) is 6.04 Å². The van der Waals surface area contributed by atoms with Gasteiger partial charge in [0.05, 0.1) is 12.1 Å². The van der Waals surface area contributed by atoms with E-state index in [0.717, 1.165) is 17.7 Å². The molecule has 1 rings (SSSR count). The Morgan fingerprint density at radius 1 is 1.48 bits per heavy atom. The summed E-state index contributed by atoms with van der Waals surface area (Å²) < 4.78 is 1.64. The van der Waals surface area contributed by atoms with Gasteiger partial charge in [-0.15, -0.1) is 0 Å². The number of carboxylic acid groups (broad SMARTS) is 1. The van der Waals surface area contributed by atoms with Gasteiger partial charge in [0.15, 0.2) is 0 Å². The highest BCUT2D eigenvalue weighted by atomic mass is 16.4. The van der Waals surface area contributed by atoms with Crippen LogP contribution >= 0.6 is 0 Å². The lowest BCUT2D eigenvalue weighted by molar-refractivity contribution is -0.140. The van der Waals surface area contributed by atoms with Crippen LogP contribution in [0.15, 0.2) is 6.20 Å². The first-order chi connectivity index (χ1) is 9.83. The predicted molar refractivity (Wildman–Crippen MR) is 73.2 cm³/mol.